The number of hydrogen-bond acceptors (Lipinski definition) is 2. The zero-order valence-corrected chi connectivity index (χ0v) is 13.0. The third kappa shape index (κ3) is 3.98. The molecule has 0 spiro atoms. The van der Waals surface area contributed by atoms with Crippen molar-refractivity contribution >= 4 is 0 Å². The first-order valence-corrected chi connectivity index (χ1v) is 7.19. The van der Waals surface area contributed by atoms with Gasteiger partial charge >= 0.3 is 6.18 Å². The van der Waals surface area contributed by atoms with Crippen molar-refractivity contribution in [3.05, 3.63) is 35.4 Å². The molecule has 0 saturated heterocycles. The van der Waals surface area contributed by atoms with Crippen molar-refractivity contribution in [1.29, 1.82) is 0 Å². The van der Waals surface area contributed by atoms with Crippen molar-refractivity contribution in [2.45, 2.75) is 50.9 Å². The number of likely N-dealkylation sites (N-methyl/N-ethyl adjacent to an activating group) is 1. The predicted octanol–water partition coefficient (Wildman–Crippen LogP) is 3.73. The molecule has 0 aromatic heterocycles. The molecule has 1 unspecified atom stereocenters. The molecule has 1 N–H and O–H groups in total. The summed E-state index contributed by atoms with van der Waals surface area (Å²) < 4.78 is 37.6. The number of hydrogen-bond donors (Lipinski definition) is 1. The van der Waals surface area contributed by atoms with Gasteiger partial charge in [-0.25, -0.2) is 0 Å². The molecule has 0 aliphatic carbocycles. The quantitative estimate of drug-likeness (QED) is 0.865. The predicted molar refractivity (Wildman–Crippen MR) is 78.2 cm³/mol. The van der Waals surface area contributed by atoms with Crippen LogP contribution in [0.1, 0.15) is 37.8 Å². The number of benzene rings is 1. The number of rotatable bonds is 6. The molecule has 1 atom stereocenters. The SMILES string of the molecule is CCC(CC)(C(O)Cc1ccc(C(F)(F)F)cc1)N(C)C. The van der Waals surface area contributed by atoms with E-state index in [9.17, 15) is 18.3 Å². The van der Waals surface area contributed by atoms with Crippen LogP contribution in [0.2, 0.25) is 0 Å². The highest BCUT2D eigenvalue weighted by Gasteiger charge is 2.37. The van der Waals surface area contributed by atoms with Gasteiger partial charge in [-0.3, -0.25) is 0 Å². The summed E-state index contributed by atoms with van der Waals surface area (Å²) in [6.07, 6.45) is -3.05. The first kappa shape index (κ1) is 18.0. The van der Waals surface area contributed by atoms with E-state index in [4.69, 9.17) is 0 Å². The lowest BCUT2D eigenvalue weighted by Gasteiger charge is -2.42. The second kappa shape index (κ2) is 6.79. The van der Waals surface area contributed by atoms with Gasteiger partial charge in [-0.1, -0.05) is 26.0 Å². The second-order valence-corrected chi connectivity index (χ2v) is 5.62. The Morgan fingerprint density at radius 2 is 1.52 bits per heavy atom. The number of aliphatic hydroxyl groups is 1. The van der Waals surface area contributed by atoms with Crippen molar-refractivity contribution in [2.75, 3.05) is 14.1 Å². The van der Waals surface area contributed by atoms with Gasteiger partial charge in [0.2, 0.25) is 0 Å². The summed E-state index contributed by atoms with van der Waals surface area (Å²) in [5.41, 5.74) is -0.308. The summed E-state index contributed by atoms with van der Waals surface area (Å²) in [6, 6.07) is 5.02. The first-order chi connectivity index (χ1) is 9.67. The normalized spacial score (nSPS) is 14.5. The molecule has 1 aromatic carbocycles. The van der Waals surface area contributed by atoms with Crippen molar-refractivity contribution in [2.24, 2.45) is 0 Å². The fourth-order valence-corrected chi connectivity index (χ4v) is 2.89. The van der Waals surface area contributed by atoms with Crippen LogP contribution in [0.4, 0.5) is 13.2 Å². The van der Waals surface area contributed by atoms with Crippen LogP contribution in [0.3, 0.4) is 0 Å². The van der Waals surface area contributed by atoms with Gasteiger partial charge in [0.25, 0.3) is 0 Å². The number of alkyl halides is 3. The summed E-state index contributed by atoms with van der Waals surface area (Å²) in [5.74, 6) is 0. The van der Waals surface area contributed by atoms with Crippen molar-refractivity contribution in [1.82, 2.24) is 4.90 Å². The lowest BCUT2D eigenvalue weighted by molar-refractivity contribution is -0.137. The Morgan fingerprint density at radius 1 is 1.05 bits per heavy atom. The van der Waals surface area contributed by atoms with Crippen LogP contribution >= 0.6 is 0 Å². The maximum atomic E-state index is 12.5. The van der Waals surface area contributed by atoms with Gasteiger partial charge in [0.1, 0.15) is 0 Å². The molecule has 0 heterocycles. The molecule has 5 heteroatoms. The zero-order chi connectivity index (χ0) is 16.3. The van der Waals surface area contributed by atoms with E-state index < -0.39 is 17.8 Å². The van der Waals surface area contributed by atoms with Crippen LogP contribution in [-0.4, -0.2) is 35.7 Å². The smallest absolute Gasteiger partial charge is 0.391 e. The lowest BCUT2D eigenvalue weighted by Crippen LogP contribution is -2.53. The fourth-order valence-electron chi connectivity index (χ4n) is 2.89. The third-order valence-electron chi connectivity index (χ3n) is 4.45. The Balaban J connectivity index is 2.90. The van der Waals surface area contributed by atoms with Gasteiger partial charge in [-0.2, -0.15) is 13.2 Å². The Morgan fingerprint density at radius 3 is 1.86 bits per heavy atom. The zero-order valence-electron chi connectivity index (χ0n) is 13.0. The summed E-state index contributed by atoms with van der Waals surface area (Å²) in [6.45, 7) is 4.03. The molecule has 0 bridgehead atoms. The van der Waals surface area contributed by atoms with Crippen LogP contribution in [0.25, 0.3) is 0 Å². The molecule has 0 amide bonds. The van der Waals surface area contributed by atoms with Gasteiger partial charge in [0, 0.05) is 12.0 Å². The van der Waals surface area contributed by atoms with E-state index in [1.54, 1.807) is 0 Å². The summed E-state index contributed by atoms with van der Waals surface area (Å²) in [7, 11) is 3.84. The summed E-state index contributed by atoms with van der Waals surface area (Å²) in [5, 5.41) is 10.5. The number of halogens is 3. The summed E-state index contributed by atoms with van der Waals surface area (Å²) >= 11 is 0. The number of nitrogens with zero attached hydrogens (tertiary/aromatic N) is 1. The topological polar surface area (TPSA) is 23.5 Å². The fraction of sp³-hybridized carbons (Fsp3) is 0.625. The van der Waals surface area contributed by atoms with Crippen LogP contribution in [0.15, 0.2) is 24.3 Å². The van der Waals surface area contributed by atoms with E-state index in [0.717, 1.165) is 25.0 Å². The average molecular weight is 303 g/mol. The highest BCUT2D eigenvalue weighted by molar-refractivity contribution is 5.25. The lowest BCUT2D eigenvalue weighted by atomic mass is 9.82. The van der Waals surface area contributed by atoms with Crippen LogP contribution in [0.5, 0.6) is 0 Å². The standard InChI is InChI=1S/C16H24F3NO/c1-5-15(6-2,20(3)4)14(21)11-12-7-9-13(10-8-12)16(17,18)19/h7-10,14,21H,5-6,11H2,1-4H3. The monoisotopic (exact) mass is 303 g/mol. The van der Waals surface area contributed by atoms with Gasteiger partial charge in [0.05, 0.1) is 11.7 Å². The molecular weight excluding hydrogens is 279 g/mol. The Kier molecular flexibility index (Phi) is 5.82. The Labute approximate surface area is 124 Å². The Bertz CT molecular complexity index is 436. The van der Waals surface area contributed by atoms with Gasteiger partial charge in [-0.15, -0.1) is 0 Å². The van der Waals surface area contributed by atoms with E-state index in [1.807, 2.05) is 32.8 Å². The van der Waals surface area contributed by atoms with Crippen LogP contribution in [0, 0.1) is 0 Å². The minimum atomic E-state index is -4.32. The molecule has 2 nitrogen and oxygen atoms in total. The minimum absolute atomic E-state index is 0.345. The molecule has 1 aromatic rings. The molecule has 120 valence electrons. The molecule has 21 heavy (non-hydrogen) atoms. The number of aliphatic hydroxyl groups excluding tert-OH is 1. The van der Waals surface area contributed by atoms with Crippen molar-refractivity contribution in [3.8, 4) is 0 Å². The molecule has 0 radical (unpaired) electrons. The van der Waals surface area contributed by atoms with E-state index in [1.165, 1.54) is 12.1 Å². The van der Waals surface area contributed by atoms with E-state index in [2.05, 4.69) is 0 Å². The van der Waals surface area contributed by atoms with Gasteiger partial charge < -0.3 is 10.0 Å². The Hall–Kier alpha value is -1.07. The highest BCUT2D eigenvalue weighted by Crippen LogP contribution is 2.31. The third-order valence-corrected chi connectivity index (χ3v) is 4.45. The maximum absolute atomic E-state index is 12.5. The molecule has 0 fully saturated rings. The molecule has 1 rings (SSSR count). The maximum Gasteiger partial charge on any atom is 0.416 e. The van der Waals surface area contributed by atoms with E-state index >= 15 is 0 Å². The first-order valence-electron chi connectivity index (χ1n) is 7.19. The van der Waals surface area contributed by atoms with Gasteiger partial charge in [0.15, 0.2) is 0 Å². The van der Waals surface area contributed by atoms with Crippen LogP contribution < -0.4 is 0 Å². The van der Waals surface area contributed by atoms with Crippen molar-refractivity contribution in [3.63, 3.8) is 0 Å². The molecule has 0 aliphatic heterocycles. The van der Waals surface area contributed by atoms with E-state index in [0.29, 0.717) is 12.0 Å². The highest BCUT2D eigenvalue weighted by atomic mass is 19.4. The van der Waals surface area contributed by atoms with Crippen molar-refractivity contribution < 1.29 is 18.3 Å². The van der Waals surface area contributed by atoms with E-state index in [-0.39, 0.29) is 5.54 Å². The molecule has 0 saturated carbocycles. The minimum Gasteiger partial charge on any atom is -0.391 e. The van der Waals surface area contributed by atoms with Gasteiger partial charge in [-0.05, 0) is 44.6 Å². The van der Waals surface area contributed by atoms with Crippen LogP contribution in [-0.2, 0) is 12.6 Å². The second-order valence-electron chi connectivity index (χ2n) is 5.62. The average Bonchev–Trinajstić information content (AvgIpc) is 2.40. The molecule has 0 aliphatic rings. The summed E-state index contributed by atoms with van der Waals surface area (Å²) in [4.78, 5) is 2.00. The molecular formula is C16H24F3NO. The largest absolute Gasteiger partial charge is 0.416 e.